The molecule has 1 saturated heterocycles. The second-order valence-corrected chi connectivity index (χ2v) is 7.81. The third kappa shape index (κ3) is 4.59. The fourth-order valence-electron chi connectivity index (χ4n) is 3.05. The molecule has 1 aliphatic rings. The van der Waals surface area contributed by atoms with Gasteiger partial charge in [-0.2, -0.15) is 0 Å². The average molecular weight is 393 g/mol. The number of morpholine rings is 1. The highest BCUT2D eigenvalue weighted by Gasteiger charge is 2.24. The smallest absolute Gasteiger partial charge is 0.255 e. The van der Waals surface area contributed by atoms with Crippen molar-refractivity contribution >= 4 is 29.0 Å². The number of nitrogens with one attached hydrogen (secondary N) is 1. The number of amides is 1. The first kappa shape index (κ1) is 19.2. The van der Waals surface area contributed by atoms with E-state index < -0.39 is 0 Å². The van der Waals surface area contributed by atoms with Gasteiger partial charge in [-0.15, -0.1) is 23.1 Å². The maximum atomic E-state index is 12.7. The molecule has 1 fully saturated rings. The zero-order valence-corrected chi connectivity index (χ0v) is 16.7. The number of thiophene rings is 1. The van der Waals surface area contributed by atoms with Gasteiger partial charge in [0.1, 0.15) is 5.75 Å². The summed E-state index contributed by atoms with van der Waals surface area (Å²) in [6.07, 6.45) is 2.00. The lowest BCUT2D eigenvalue weighted by Crippen LogP contribution is -2.43. The second-order valence-electron chi connectivity index (χ2n) is 5.96. The molecule has 0 bridgehead atoms. The van der Waals surface area contributed by atoms with E-state index in [4.69, 9.17) is 9.47 Å². The van der Waals surface area contributed by atoms with Crippen LogP contribution in [0.3, 0.4) is 0 Å². The Labute approximate surface area is 162 Å². The Kier molecular flexibility index (Phi) is 6.96. The number of benzene rings is 1. The second kappa shape index (κ2) is 9.41. The summed E-state index contributed by atoms with van der Waals surface area (Å²) in [7, 11) is 1.60. The summed E-state index contributed by atoms with van der Waals surface area (Å²) in [5.41, 5.74) is 0.567. The van der Waals surface area contributed by atoms with Crippen molar-refractivity contribution in [2.75, 3.05) is 46.2 Å². The van der Waals surface area contributed by atoms with Gasteiger partial charge in [0.2, 0.25) is 0 Å². The first-order valence-electron chi connectivity index (χ1n) is 8.58. The molecule has 0 saturated carbocycles. The number of nitrogens with zero attached hydrogens (tertiary/aromatic N) is 1. The third-order valence-corrected chi connectivity index (χ3v) is 6.17. The molecule has 5 nitrogen and oxygen atoms in total. The van der Waals surface area contributed by atoms with E-state index in [9.17, 15) is 4.79 Å². The number of carbonyl (C=O) groups excluding carboxylic acids is 1. The van der Waals surface area contributed by atoms with Crippen molar-refractivity contribution in [2.45, 2.75) is 10.9 Å². The molecule has 26 heavy (non-hydrogen) atoms. The van der Waals surface area contributed by atoms with Gasteiger partial charge in [0.05, 0.1) is 31.9 Å². The molecule has 1 atom stereocenters. The fourth-order valence-corrected chi connectivity index (χ4v) is 4.34. The van der Waals surface area contributed by atoms with Crippen molar-refractivity contribution in [1.29, 1.82) is 0 Å². The van der Waals surface area contributed by atoms with Gasteiger partial charge in [0.25, 0.3) is 5.91 Å². The van der Waals surface area contributed by atoms with Gasteiger partial charge < -0.3 is 14.8 Å². The van der Waals surface area contributed by atoms with E-state index in [1.807, 2.05) is 24.5 Å². The molecule has 1 amide bonds. The van der Waals surface area contributed by atoms with Crippen molar-refractivity contribution in [3.05, 3.63) is 46.2 Å². The van der Waals surface area contributed by atoms with E-state index in [2.05, 4.69) is 27.7 Å². The largest absolute Gasteiger partial charge is 0.496 e. The molecular weight excluding hydrogens is 368 g/mol. The highest BCUT2D eigenvalue weighted by Crippen LogP contribution is 2.27. The maximum Gasteiger partial charge on any atom is 0.255 e. The lowest BCUT2D eigenvalue weighted by atomic mass is 10.1. The van der Waals surface area contributed by atoms with Gasteiger partial charge >= 0.3 is 0 Å². The molecule has 2 aromatic rings. The number of rotatable bonds is 7. The molecule has 3 rings (SSSR count). The molecule has 1 aromatic heterocycles. The van der Waals surface area contributed by atoms with E-state index in [1.54, 1.807) is 30.2 Å². The van der Waals surface area contributed by atoms with Gasteiger partial charge in [0.15, 0.2) is 0 Å². The summed E-state index contributed by atoms with van der Waals surface area (Å²) in [5.74, 6) is 0.498. The predicted octanol–water partition coefficient (Wildman–Crippen LogP) is 3.28. The SMILES string of the molecule is COc1cc(SC)ccc1C(=O)NC[C@H](c1cccs1)N1CCOCC1. The molecule has 2 heterocycles. The summed E-state index contributed by atoms with van der Waals surface area (Å²) in [5, 5.41) is 5.17. The minimum Gasteiger partial charge on any atom is -0.496 e. The Morgan fingerprint density at radius 3 is 2.85 bits per heavy atom. The monoisotopic (exact) mass is 392 g/mol. The zero-order valence-electron chi connectivity index (χ0n) is 15.1. The molecule has 0 spiro atoms. The predicted molar refractivity (Wildman–Crippen MR) is 107 cm³/mol. The highest BCUT2D eigenvalue weighted by molar-refractivity contribution is 7.98. The molecule has 1 aliphatic heterocycles. The minimum absolute atomic E-state index is 0.107. The van der Waals surface area contributed by atoms with Crippen LogP contribution in [-0.4, -0.2) is 57.0 Å². The van der Waals surface area contributed by atoms with Crippen molar-refractivity contribution in [1.82, 2.24) is 10.2 Å². The standard InChI is InChI=1S/C19H24N2O3S2/c1-23-17-12-14(25-2)5-6-15(17)19(22)20-13-16(18-4-3-11-26-18)21-7-9-24-10-8-21/h3-6,11-12,16H,7-10,13H2,1-2H3,(H,20,22)/t16-/m1/s1. The van der Waals surface area contributed by atoms with Gasteiger partial charge in [-0.1, -0.05) is 6.07 Å². The van der Waals surface area contributed by atoms with Crippen LogP contribution in [0.2, 0.25) is 0 Å². The summed E-state index contributed by atoms with van der Waals surface area (Å²) < 4.78 is 10.9. The lowest BCUT2D eigenvalue weighted by molar-refractivity contribution is 0.0169. The van der Waals surface area contributed by atoms with Crippen LogP contribution in [0.25, 0.3) is 0 Å². The Balaban J connectivity index is 1.71. The van der Waals surface area contributed by atoms with Gasteiger partial charge in [-0.3, -0.25) is 9.69 Å². The molecule has 0 unspecified atom stereocenters. The minimum atomic E-state index is -0.107. The normalized spacial score (nSPS) is 16.2. The van der Waals surface area contributed by atoms with Gasteiger partial charge in [-0.25, -0.2) is 0 Å². The molecule has 1 aromatic carbocycles. The summed E-state index contributed by atoms with van der Waals surface area (Å²) in [6, 6.07) is 10.0. The average Bonchev–Trinajstić information content (AvgIpc) is 3.22. The third-order valence-electron chi connectivity index (χ3n) is 4.47. The highest BCUT2D eigenvalue weighted by atomic mass is 32.2. The molecule has 1 N–H and O–H groups in total. The van der Waals surface area contributed by atoms with Crippen molar-refractivity contribution in [2.24, 2.45) is 0 Å². The Morgan fingerprint density at radius 2 is 2.19 bits per heavy atom. The number of methoxy groups -OCH3 is 1. The van der Waals surface area contributed by atoms with Crippen LogP contribution in [0.4, 0.5) is 0 Å². The number of hydrogen-bond acceptors (Lipinski definition) is 6. The van der Waals surface area contributed by atoms with E-state index in [-0.39, 0.29) is 11.9 Å². The van der Waals surface area contributed by atoms with Crippen LogP contribution in [0.15, 0.2) is 40.6 Å². The fraction of sp³-hybridized carbons (Fsp3) is 0.421. The first-order valence-corrected chi connectivity index (χ1v) is 10.7. The molecule has 140 valence electrons. The Morgan fingerprint density at radius 1 is 1.38 bits per heavy atom. The van der Waals surface area contributed by atoms with Crippen molar-refractivity contribution in [3.8, 4) is 5.75 Å². The quantitative estimate of drug-likeness (QED) is 0.733. The number of carbonyl (C=O) groups is 1. The van der Waals surface area contributed by atoms with E-state index >= 15 is 0 Å². The van der Waals surface area contributed by atoms with Gasteiger partial charge in [0, 0.05) is 29.4 Å². The van der Waals surface area contributed by atoms with Crippen LogP contribution in [0.1, 0.15) is 21.3 Å². The van der Waals surface area contributed by atoms with Crippen LogP contribution in [0.5, 0.6) is 5.75 Å². The Bertz CT molecular complexity index is 716. The van der Waals surface area contributed by atoms with Crippen LogP contribution in [0, 0.1) is 0 Å². The number of hydrogen-bond donors (Lipinski definition) is 1. The van der Waals surface area contributed by atoms with E-state index in [1.165, 1.54) is 4.88 Å². The maximum absolute atomic E-state index is 12.7. The summed E-state index contributed by atoms with van der Waals surface area (Å²) in [6.45, 7) is 3.79. The number of ether oxygens (including phenoxy) is 2. The molecular formula is C19H24N2O3S2. The molecule has 0 aliphatic carbocycles. The van der Waals surface area contributed by atoms with Crippen LogP contribution in [-0.2, 0) is 4.74 Å². The lowest BCUT2D eigenvalue weighted by Gasteiger charge is -2.34. The van der Waals surface area contributed by atoms with E-state index in [0.29, 0.717) is 17.9 Å². The topological polar surface area (TPSA) is 50.8 Å². The molecule has 0 radical (unpaired) electrons. The van der Waals surface area contributed by atoms with Gasteiger partial charge in [-0.05, 0) is 35.9 Å². The molecule has 7 heteroatoms. The first-order chi connectivity index (χ1) is 12.7. The Hall–Kier alpha value is -1.54. The number of thioether (sulfide) groups is 1. The van der Waals surface area contributed by atoms with Crippen molar-refractivity contribution < 1.29 is 14.3 Å². The summed E-state index contributed by atoms with van der Waals surface area (Å²) >= 11 is 3.35. The van der Waals surface area contributed by atoms with Crippen LogP contribution < -0.4 is 10.1 Å². The zero-order chi connectivity index (χ0) is 18.4. The van der Waals surface area contributed by atoms with E-state index in [0.717, 1.165) is 31.2 Å². The summed E-state index contributed by atoms with van der Waals surface area (Å²) in [4.78, 5) is 17.5. The van der Waals surface area contributed by atoms with Crippen LogP contribution >= 0.6 is 23.1 Å². The van der Waals surface area contributed by atoms with Crippen molar-refractivity contribution in [3.63, 3.8) is 0 Å².